The monoisotopic (exact) mass is 249 g/mol. The van der Waals surface area contributed by atoms with Gasteiger partial charge in [0.25, 0.3) is 0 Å². The molecule has 18 heavy (non-hydrogen) atoms. The minimum absolute atomic E-state index is 0.0498. The average Bonchev–Trinajstić information content (AvgIpc) is 2.87. The van der Waals surface area contributed by atoms with Crippen LogP contribution in [0.4, 0.5) is 6.01 Å². The number of carbonyl (C=O) groups excluding carboxylic acids is 1. The van der Waals surface area contributed by atoms with Crippen LogP contribution in [0.2, 0.25) is 0 Å². The van der Waals surface area contributed by atoms with Crippen molar-refractivity contribution in [1.29, 1.82) is 0 Å². The fraction of sp³-hybridized carbons (Fsp3) is 0.182. The largest absolute Gasteiger partial charge is 0.477 e. The molecule has 0 unspecified atom stereocenters. The van der Waals surface area contributed by atoms with Crippen LogP contribution in [0.3, 0.4) is 0 Å². The van der Waals surface area contributed by atoms with Gasteiger partial charge in [0, 0.05) is 6.20 Å². The van der Waals surface area contributed by atoms with E-state index in [4.69, 9.17) is 9.52 Å². The summed E-state index contributed by atoms with van der Waals surface area (Å²) < 4.78 is 6.29. The minimum Gasteiger partial charge on any atom is -0.477 e. The van der Waals surface area contributed by atoms with E-state index in [0.29, 0.717) is 5.69 Å². The zero-order chi connectivity index (χ0) is 13.1. The number of aromatic carboxylic acids is 1. The predicted molar refractivity (Wildman–Crippen MR) is 61.3 cm³/mol. The predicted octanol–water partition coefficient (Wildman–Crippen LogP) is 1.12. The lowest BCUT2D eigenvalue weighted by atomic mass is 10.4. The molecule has 0 spiro atoms. The zero-order valence-corrected chi connectivity index (χ0v) is 9.58. The molecular weight excluding hydrogens is 238 g/mol. The Morgan fingerprint density at radius 3 is 2.94 bits per heavy atom. The van der Waals surface area contributed by atoms with Gasteiger partial charge in [-0.05, 0) is 19.1 Å². The molecule has 2 aromatic heterocycles. The van der Waals surface area contributed by atoms with E-state index >= 15 is 0 Å². The summed E-state index contributed by atoms with van der Waals surface area (Å²) in [6.07, 6.45) is 2.93. The van der Waals surface area contributed by atoms with Crippen molar-refractivity contribution in [2.45, 2.75) is 13.5 Å². The molecule has 94 valence electrons. The van der Waals surface area contributed by atoms with Crippen LogP contribution < -0.4 is 5.32 Å². The van der Waals surface area contributed by atoms with Gasteiger partial charge in [-0.1, -0.05) is 0 Å². The lowest BCUT2D eigenvalue weighted by molar-refractivity contribution is -0.116. The second kappa shape index (κ2) is 4.74. The van der Waals surface area contributed by atoms with Crippen LogP contribution in [-0.2, 0) is 11.3 Å². The molecule has 0 aromatic carbocycles. The first kappa shape index (κ1) is 11.9. The molecule has 0 radical (unpaired) electrons. The molecule has 7 nitrogen and oxygen atoms in total. The Labute approximate surface area is 102 Å². The summed E-state index contributed by atoms with van der Waals surface area (Å²) in [7, 11) is 0. The maximum atomic E-state index is 11.6. The van der Waals surface area contributed by atoms with Crippen LogP contribution in [0.15, 0.2) is 29.0 Å². The number of oxazole rings is 1. The smallest absolute Gasteiger partial charge is 0.352 e. The van der Waals surface area contributed by atoms with Crippen molar-refractivity contribution >= 4 is 17.9 Å². The second-order valence-electron chi connectivity index (χ2n) is 3.67. The summed E-state index contributed by atoms with van der Waals surface area (Å²) in [5, 5.41) is 11.3. The van der Waals surface area contributed by atoms with Crippen LogP contribution >= 0.6 is 0 Å². The summed E-state index contributed by atoms with van der Waals surface area (Å²) >= 11 is 0. The number of aryl methyl sites for hydroxylation is 1. The average molecular weight is 249 g/mol. The Kier molecular flexibility index (Phi) is 3.13. The minimum atomic E-state index is -1.08. The fourth-order valence-corrected chi connectivity index (χ4v) is 1.47. The summed E-state index contributed by atoms with van der Waals surface area (Å²) in [6.45, 7) is 1.61. The van der Waals surface area contributed by atoms with E-state index in [-0.39, 0.29) is 18.3 Å². The highest BCUT2D eigenvalue weighted by molar-refractivity contribution is 5.90. The molecule has 0 saturated carbocycles. The SMILES string of the molecule is Cc1coc(NC(=O)Cn2cccc2C(=O)O)n1. The van der Waals surface area contributed by atoms with Crippen molar-refractivity contribution < 1.29 is 19.1 Å². The third kappa shape index (κ3) is 2.57. The van der Waals surface area contributed by atoms with Gasteiger partial charge in [0.15, 0.2) is 0 Å². The van der Waals surface area contributed by atoms with Crippen LogP contribution in [0.1, 0.15) is 16.2 Å². The Hall–Kier alpha value is -2.57. The Bertz CT molecular complexity index is 585. The number of anilines is 1. The van der Waals surface area contributed by atoms with Crippen molar-refractivity contribution in [3.8, 4) is 0 Å². The lowest BCUT2D eigenvalue weighted by Crippen LogP contribution is -2.21. The first-order valence-electron chi connectivity index (χ1n) is 5.16. The number of amides is 1. The van der Waals surface area contributed by atoms with Crippen molar-refractivity contribution in [1.82, 2.24) is 9.55 Å². The number of carboxylic acids is 1. The normalized spacial score (nSPS) is 10.3. The molecule has 0 saturated heterocycles. The van der Waals surface area contributed by atoms with E-state index in [1.165, 1.54) is 23.1 Å². The highest BCUT2D eigenvalue weighted by atomic mass is 16.4. The first-order valence-corrected chi connectivity index (χ1v) is 5.16. The van der Waals surface area contributed by atoms with Gasteiger partial charge < -0.3 is 14.1 Å². The number of carbonyl (C=O) groups is 2. The Morgan fingerprint density at radius 2 is 2.33 bits per heavy atom. The molecule has 2 rings (SSSR count). The third-order valence-electron chi connectivity index (χ3n) is 2.23. The van der Waals surface area contributed by atoms with Crippen LogP contribution in [0, 0.1) is 6.92 Å². The number of hydrogen-bond donors (Lipinski definition) is 2. The summed E-state index contributed by atoms with van der Waals surface area (Å²) in [5.74, 6) is -1.49. The van der Waals surface area contributed by atoms with Gasteiger partial charge in [0.05, 0.1) is 5.69 Å². The second-order valence-corrected chi connectivity index (χ2v) is 3.67. The number of hydrogen-bond acceptors (Lipinski definition) is 4. The Morgan fingerprint density at radius 1 is 1.56 bits per heavy atom. The zero-order valence-electron chi connectivity index (χ0n) is 9.58. The summed E-state index contributed by atoms with van der Waals surface area (Å²) in [6, 6.07) is 3.08. The number of aromatic nitrogens is 2. The standard InChI is InChI=1S/C11H11N3O4/c1-7-6-18-11(12-7)13-9(15)5-14-4-2-3-8(14)10(16)17/h2-4,6H,5H2,1H3,(H,16,17)(H,12,13,15). The van der Waals surface area contributed by atoms with Gasteiger partial charge in [-0.25, -0.2) is 4.79 Å². The highest BCUT2D eigenvalue weighted by Gasteiger charge is 2.12. The Balaban J connectivity index is 2.03. The van der Waals surface area contributed by atoms with E-state index in [9.17, 15) is 9.59 Å². The molecule has 0 bridgehead atoms. The van der Waals surface area contributed by atoms with E-state index in [0.717, 1.165) is 0 Å². The fourth-order valence-electron chi connectivity index (χ4n) is 1.47. The molecule has 0 atom stereocenters. The van der Waals surface area contributed by atoms with Gasteiger partial charge >= 0.3 is 12.0 Å². The number of nitrogens with zero attached hydrogens (tertiary/aromatic N) is 2. The quantitative estimate of drug-likeness (QED) is 0.846. The summed E-state index contributed by atoms with van der Waals surface area (Å²) in [4.78, 5) is 26.4. The van der Waals surface area contributed by atoms with Crippen LogP contribution in [-0.4, -0.2) is 26.5 Å². The van der Waals surface area contributed by atoms with Crippen molar-refractivity contribution in [3.63, 3.8) is 0 Å². The van der Waals surface area contributed by atoms with E-state index in [1.54, 1.807) is 13.0 Å². The van der Waals surface area contributed by atoms with Crippen molar-refractivity contribution in [2.24, 2.45) is 0 Å². The first-order chi connectivity index (χ1) is 8.56. The molecular formula is C11H11N3O4. The summed E-state index contributed by atoms with van der Waals surface area (Å²) in [5.41, 5.74) is 0.700. The van der Waals surface area contributed by atoms with Crippen molar-refractivity contribution in [2.75, 3.05) is 5.32 Å². The van der Waals surface area contributed by atoms with Gasteiger partial charge in [0.1, 0.15) is 18.5 Å². The van der Waals surface area contributed by atoms with E-state index in [1.807, 2.05) is 0 Å². The molecule has 0 aliphatic heterocycles. The molecule has 2 N–H and O–H groups in total. The topological polar surface area (TPSA) is 97.4 Å². The molecule has 2 heterocycles. The van der Waals surface area contributed by atoms with Gasteiger partial charge in [0.2, 0.25) is 5.91 Å². The molecule has 7 heteroatoms. The third-order valence-corrected chi connectivity index (χ3v) is 2.23. The van der Waals surface area contributed by atoms with Gasteiger partial charge in [-0.15, -0.1) is 0 Å². The number of rotatable bonds is 4. The van der Waals surface area contributed by atoms with Crippen LogP contribution in [0.5, 0.6) is 0 Å². The number of carboxylic acid groups (broad SMARTS) is 1. The van der Waals surface area contributed by atoms with Gasteiger partial charge in [-0.3, -0.25) is 10.1 Å². The molecule has 2 aromatic rings. The molecule has 0 aliphatic rings. The maximum Gasteiger partial charge on any atom is 0.352 e. The van der Waals surface area contributed by atoms with Gasteiger partial charge in [-0.2, -0.15) is 4.98 Å². The molecule has 0 fully saturated rings. The van der Waals surface area contributed by atoms with Crippen molar-refractivity contribution in [3.05, 3.63) is 36.0 Å². The number of nitrogens with one attached hydrogen (secondary N) is 1. The highest BCUT2D eigenvalue weighted by Crippen LogP contribution is 2.07. The van der Waals surface area contributed by atoms with E-state index in [2.05, 4.69) is 10.3 Å². The van der Waals surface area contributed by atoms with E-state index < -0.39 is 11.9 Å². The maximum absolute atomic E-state index is 11.6. The lowest BCUT2D eigenvalue weighted by Gasteiger charge is -2.05. The molecule has 0 aliphatic carbocycles. The van der Waals surface area contributed by atoms with Crippen LogP contribution in [0.25, 0.3) is 0 Å². The molecule has 1 amide bonds.